The zero-order valence-corrected chi connectivity index (χ0v) is 12.0. The van der Waals surface area contributed by atoms with E-state index in [9.17, 15) is 4.79 Å². The highest BCUT2D eigenvalue weighted by molar-refractivity contribution is 9.09. The van der Waals surface area contributed by atoms with Gasteiger partial charge in [-0.05, 0) is 39.5 Å². The molecule has 94 valence electrons. The molecule has 1 aliphatic carbocycles. The summed E-state index contributed by atoms with van der Waals surface area (Å²) in [5.74, 6) is 0.104. The summed E-state index contributed by atoms with van der Waals surface area (Å²) in [7, 11) is 1.70. The number of carbonyl (C=O) groups excluding carboxylic acids is 1. The summed E-state index contributed by atoms with van der Waals surface area (Å²) < 4.78 is 5.45. The Kier molecular flexibility index (Phi) is 4.80. The molecular weight excluding hydrogens is 270 g/mol. The van der Waals surface area contributed by atoms with Gasteiger partial charge in [-0.3, -0.25) is 4.79 Å². The highest BCUT2D eigenvalue weighted by Crippen LogP contribution is 2.38. The lowest BCUT2D eigenvalue weighted by Crippen LogP contribution is -2.49. The summed E-state index contributed by atoms with van der Waals surface area (Å²) >= 11 is 3.40. The van der Waals surface area contributed by atoms with Crippen LogP contribution in [0.5, 0.6) is 0 Å². The fourth-order valence-electron chi connectivity index (χ4n) is 2.04. The predicted octanol–water partition coefficient (Wildman–Crippen LogP) is 2.63. The van der Waals surface area contributed by atoms with Crippen LogP contribution in [0.2, 0.25) is 0 Å². The first-order chi connectivity index (χ1) is 7.43. The van der Waals surface area contributed by atoms with Crippen LogP contribution in [0.4, 0.5) is 0 Å². The van der Waals surface area contributed by atoms with Crippen molar-refractivity contribution in [2.24, 2.45) is 0 Å². The number of hydrogen-bond acceptors (Lipinski definition) is 2. The highest BCUT2D eigenvalue weighted by Gasteiger charge is 2.39. The molecule has 0 aromatic heterocycles. The lowest BCUT2D eigenvalue weighted by Gasteiger charge is -2.40. The average Bonchev–Trinajstić information content (AvgIpc) is 2.10. The minimum absolute atomic E-state index is 0.104. The van der Waals surface area contributed by atoms with E-state index in [1.165, 1.54) is 6.42 Å². The number of alkyl halides is 1. The molecular formula is C12H22BrNO2. The molecule has 0 aromatic rings. The van der Waals surface area contributed by atoms with Crippen LogP contribution >= 0.6 is 15.9 Å². The highest BCUT2D eigenvalue weighted by atomic mass is 79.9. The van der Waals surface area contributed by atoms with Crippen molar-refractivity contribution in [2.75, 3.05) is 12.4 Å². The first-order valence-corrected chi connectivity index (χ1v) is 6.97. The van der Waals surface area contributed by atoms with E-state index in [-0.39, 0.29) is 17.0 Å². The summed E-state index contributed by atoms with van der Waals surface area (Å²) in [4.78, 5) is 11.9. The van der Waals surface area contributed by atoms with Crippen LogP contribution < -0.4 is 5.32 Å². The van der Waals surface area contributed by atoms with Gasteiger partial charge in [0.15, 0.2) is 0 Å². The molecule has 1 N–H and O–H groups in total. The van der Waals surface area contributed by atoms with Gasteiger partial charge in [-0.2, -0.15) is 0 Å². The Morgan fingerprint density at radius 1 is 1.50 bits per heavy atom. The standard InChI is InChI=1S/C12H22BrNO2/c1-11(2,7-8-13)14-10(15)9-12(16-3)5-4-6-12/h4-9H2,1-3H3,(H,14,15). The molecule has 1 rings (SSSR count). The fourth-order valence-corrected chi connectivity index (χ4v) is 3.03. The van der Waals surface area contributed by atoms with Gasteiger partial charge in [0, 0.05) is 18.0 Å². The van der Waals surface area contributed by atoms with Crippen molar-refractivity contribution in [3.63, 3.8) is 0 Å². The molecule has 0 bridgehead atoms. The van der Waals surface area contributed by atoms with Crippen LogP contribution in [-0.2, 0) is 9.53 Å². The molecule has 0 spiro atoms. The van der Waals surface area contributed by atoms with E-state index in [0.717, 1.165) is 24.6 Å². The summed E-state index contributed by atoms with van der Waals surface area (Å²) in [5, 5.41) is 3.96. The second-order valence-electron chi connectivity index (χ2n) is 5.29. The van der Waals surface area contributed by atoms with E-state index in [1.807, 2.05) is 13.8 Å². The maximum atomic E-state index is 11.9. The number of nitrogens with one attached hydrogen (secondary N) is 1. The molecule has 1 amide bonds. The summed E-state index contributed by atoms with van der Waals surface area (Å²) in [5.41, 5.74) is -0.312. The number of rotatable bonds is 6. The number of halogens is 1. The molecule has 0 saturated heterocycles. The maximum Gasteiger partial charge on any atom is 0.223 e. The van der Waals surface area contributed by atoms with Crippen molar-refractivity contribution >= 4 is 21.8 Å². The number of hydrogen-bond donors (Lipinski definition) is 1. The molecule has 0 unspecified atom stereocenters. The second kappa shape index (κ2) is 5.50. The van der Waals surface area contributed by atoms with Gasteiger partial charge in [0.05, 0.1) is 12.0 Å². The van der Waals surface area contributed by atoms with E-state index in [1.54, 1.807) is 7.11 Å². The Bertz CT molecular complexity index is 244. The zero-order valence-electron chi connectivity index (χ0n) is 10.4. The molecule has 1 aliphatic rings. The molecule has 0 aromatic carbocycles. The quantitative estimate of drug-likeness (QED) is 0.764. The van der Waals surface area contributed by atoms with Crippen molar-refractivity contribution < 1.29 is 9.53 Å². The first-order valence-electron chi connectivity index (χ1n) is 5.85. The van der Waals surface area contributed by atoms with Crippen LogP contribution in [0, 0.1) is 0 Å². The first kappa shape index (κ1) is 14.0. The van der Waals surface area contributed by atoms with Crippen molar-refractivity contribution in [3.05, 3.63) is 0 Å². The van der Waals surface area contributed by atoms with E-state index in [0.29, 0.717) is 6.42 Å². The van der Waals surface area contributed by atoms with Gasteiger partial charge in [-0.25, -0.2) is 0 Å². The number of amides is 1. The van der Waals surface area contributed by atoms with Crippen LogP contribution in [0.1, 0.15) is 46.0 Å². The van der Waals surface area contributed by atoms with E-state index >= 15 is 0 Å². The van der Waals surface area contributed by atoms with Crippen LogP contribution in [-0.4, -0.2) is 29.5 Å². The predicted molar refractivity (Wildman–Crippen MR) is 68.8 cm³/mol. The minimum atomic E-state index is -0.172. The Morgan fingerprint density at radius 2 is 2.12 bits per heavy atom. The number of carbonyl (C=O) groups is 1. The van der Waals surface area contributed by atoms with E-state index in [4.69, 9.17) is 4.74 Å². The largest absolute Gasteiger partial charge is 0.378 e. The van der Waals surface area contributed by atoms with Gasteiger partial charge in [0.2, 0.25) is 5.91 Å². The van der Waals surface area contributed by atoms with Crippen molar-refractivity contribution in [3.8, 4) is 0 Å². The third kappa shape index (κ3) is 3.74. The molecule has 3 nitrogen and oxygen atoms in total. The Hall–Kier alpha value is -0.0900. The lowest BCUT2D eigenvalue weighted by atomic mass is 9.77. The number of ether oxygens (including phenoxy) is 1. The Labute approximate surface area is 106 Å². The van der Waals surface area contributed by atoms with Gasteiger partial charge in [0.25, 0.3) is 0 Å². The van der Waals surface area contributed by atoms with Crippen molar-refractivity contribution in [1.29, 1.82) is 0 Å². The third-order valence-electron chi connectivity index (χ3n) is 3.38. The van der Waals surface area contributed by atoms with Gasteiger partial charge < -0.3 is 10.1 Å². The van der Waals surface area contributed by atoms with Crippen LogP contribution in [0.15, 0.2) is 0 Å². The molecule has 0 aliphatic heterocycles. The van der Waals surface area contributed by atoms with Gasteiger partial charge >= 0.3 is 0 Å². The Morgan fingerprint density at radius 3 is 2.50 bits per heavy atom. The molecule has 0 radical (unpaired) electrons. The molecule has 0 atom stereocenters. The van der Waals surface area contributed by atoms with Crippen molar-refractivity contribution in [1.82, 2.24) is 5.32 Å². The zero-order chi connectivity index (χ0) is 12.2. The summed E-state index contributed by atoms with van der Waals surface area (Å²) in [6, 6.07) is 0. The smallest absolute Gasteiger partial charge is 0.223 e. The van der Waals surface area contributed by atoms with Crippen LogP contribution in [0.3, 0.4) is 0 Å². The van der Waals surface area contributed by atoms with Gasteiger partial charge in [-0.15, -0.1) is 0 Å². The molecule has 16 heavy (non-hydrogen) atoms. The van der Waals surface area contributed by atoms with Crippen molar-refractivity contribution in [2.45, 2.75) is 57.1 Å². The summed E-state index contributed by atoms with van der Waals surface area (Å²) in [6.45, 7) is 4.10. The lowest BCUT2D eigenvalue weighted by molar-refractivity contribution is -0.135. The van der Waals surface area contributed by atoms with Crippen LogP contribution in [0.25, 0.3) is 0 Å². The molecule has 1 fully saturated rings. The monoisotopic (exact) mass is 291 g/mol. The normalized spacial score (nSPS) is 19.0. The van der Waals surface area contributed by atoms with E-state index < -0.39 is 0 Å². The van der Waals surface area contributed by atoms with E-state index in [2.05, 4.69) is 21.2 Å². The molecule has 0 heterocycles. The topological polar surface area (TPSA) is 38.3 Å². The fraction of sp³-hybridized carbons (Fsp3) is 0.917. The summed E-state index contributed by atoms with van der Waals surface area (Å²) in [6.07, 6.45) is 4.62. The average molecular weight is 292 g/mol. The molecule has 4 heteroatoms. The van der Waals surface area contributed by atoms with Gasteiger partial charge in [0.1, 0.15) is 0 Å². The minimum Gasteiger partial charge on any atom is -0.378 e. The maximum absolute atomic E-state index is 11.9. The number of methoxy groups -OCH3 is 1. The Balaban J connectivity index is 2.41. The van der Waals surface area contributed by atoms with Gasteiger partial charge in [-0.1, -0.05) is 15.9 Å². The second-order valence-corrected chi connectivity index (χ2v) is 6.08. The third-order valence-corrected chi connectivity index (χ3v) is 3.77. The SMILES string of the molecule is COC1(CC(=O)NC(C)(C)CCBr)CCC1. The molecule has 1 saturated carbocycles.